The fourth-order valence-corrected chi connectivity index (χ4v) is 2.53. The quantitative estimate of drug-likeness (QED) is 0.907. The molecule has 21 heavy (non-hydrogen) atoms. The van der Waals surface area contributed by atoms with Crippen molar-refractivity contribution in [1.29, 1.82) is 0 Å². The third-order valence-electron chi connectivity index (χ3n) is 3.46. The summed E-state index contributed by atoms with van der Waals surface area (Å²) in [4.78, 5) is 11.4. The molecule has 1 atom stereocenters. The summed E-state index contributed by atoms with van der Waals surface area (Å²) < 4.78 is 10.8. The molecule has 5 nitrogen and oxygen atoms in total. The van der Waals surface area contributed by atoms with Gasteiger partial charge in [-0.2, -0.15) is 0 Å². The van der Waals surface area contributed by atoms with E-state index in [1.807, 2.05) is 31.2 Å². The lowest BCUT2D eigenvalue weighted by atomic mass is 9.99. The van der Waals surface area contributed by atoms with Gasteiger partial charge in [0.25, 0.3) is 5.91 Å². The van der Waals surface area contributed by atoms with Gasteiger partial charge >= 0.3 is 0 Å². The van der Waals surface area contributed by atoms with E-state index >= 15 is 0 Å². The first-order valence-corrected chi connectivity index (χ1v) is 7.02. The maximum atomic E-state index is 11.4. The highest BCUT2D eigenvalue weighted by Crippen LogP contribution is 2.33. The number of aryl methyl sites for hydroxylation is 1. The lowest BCUT2D eigenvalue weighted by molar-refractivity contribution is -0.118. The Morgan fingerprint density at radius 3 is 2.90 bits per heavy atom. The molecule has 0 saturated heterocycles. The summed E-state index contributed by atoms with van der Waals surface area (Å²) in [6, 6.07) is 7.88. The van der Waals surface area contributed by atoms with Crippen LogP contribution in [0.2, 0.25) is 0 Å². The van der Waals surface area contributed by atoms with E-state index < -0.39 is 0 Å². The summed E-state index contributed by atoms with van der Waals surface area (Å²) >= 11 is 0. The maximum absolute atomic E-state index is 11.4. The van der Waals surface area contributed by atoms with Crippen LogP contribution in [-0.4, -0.2) is 19.1 Å². The van der Waals surface area contributed by atoms with Crippen LogP contribution in [0.5, 0.6) is 5.75 Å². The van der Waals surface area contributed by atoms with Crippen molar-refractivity contribution in [3.05, 3.63) is 47.4 Å². The SMILES string of the molecule is CCNC(c1coc(C)c1)c1ccc2c(c1)NC(=O)CO2. The van der Waals surface area contributed by atoms with Crippen molar-refractivity contribution >= 4 is 11.6 Å². The lowest BCUT2D eigenvalue weighted by Crippen LogP contribution is -2.26. The molecular weight excluding hydrogens is 268 g/mol. The Kier molecular flexibility index (Phi) is 3.66. The van der Waals surface area contributed by atoms with Gasteiger partial charge in [0.15, 0.2) is 6.61 Å². The Morgan fingerprint density at radius 2 is 2.19 bits per heavy atom. The Bertz CT molecular complexity index is 663. The number of anilines is 1. The maximum Gasteiger partial charge on any atom is 0.262 e. The first-order valence-electron chi connectivity index (χ1n) is 7.02. The van der Waals surface area contributed by atoms with Gasteiger partial charge in [0.05, 0.1) is 18.0 Å². The topological polar surface area (TPSA) is 63.5 Å². The second-order valence-electron chi connectivity index (χ2n) is 5.07. The van der Waals surface area contributed by atoms with Gasteiger partial charge in [0.2, 0.25) is 0 Å². The van der Waals surface area contributed by atoms with E-state index in [1.54, 1.807) is 6.26 Å². The van der Waals surface area contributed by atoms with Crippen LogP contribution in [0.3, 0.4) is 0 Å². The third kappa shape index (κ3) is 2.78. The second-order valence-corrected chi connectivity index (χ2v) is 5.07. The Hall–Kier alpha value is -2.27. The molecule has 5 heteroatoms. The number of carbonyl (C=O) groups excluding carboxylic acids is 1. The van der Waals surface area contributed by atoms with Gasteiger partial charge in [-0.15, -0.1) is 0 Å². The van der Waals surface area contributed by atoms with E-state index in [0.717, 1.165) is 23.4 Å². The number of fused-ring (bicyclic) bond motifs is 1. The summed E-state index contributed by atoms with van der Waals surface area (Å²) in [7, 11) is 0. The van der Waals surface area contributed by atoms with Gasteiger partial charge in [-0.25, -0.2) is 0 Å². The number of amides is 1. The number of rotatable bonds is 4. The normalized spacial score (nSPS) is 15.0. The summed E-state index contributed by atoms with van der Waals surface area (Å²) in [5.41, 5.74) is 2.84. The van der Waals surface area contributed by atoms with Crippen LogP contribution in [0, 0.1) is 6.92 Å². The second kappa shape index (κ2) is 5.61. The third-order valence-corrected chi connectivity index (χ3v) is 3.46. The first-order chi connectivity index (χ1) is 10.2. The standard InChI is InChI=1S/C16H18N2O3/c1-3-17-16(12-6-10(2)20-8-12)11-4-5-14-13(7-11)18-15(19)9-21-14/h4-8,16-17H,3,9H2,1-2H3,(H,18,19). The molecule has 110 valence electrons. The van der Waals surface area contributed by atoms with E-state index in [2.05, 4.69) is 17.6 Å². The number of hydrogen-bond donors (Lipinski definition) is 2. The number of hydrogen-bond acceptors (Lipinski definition) is 4. The van der Waals surface area contributed by atoms with Crippen LogP contribution in [0.4, 0.5) is 5.69 Å². The number of nitrogens with one attached hydrogen (secondary N) is 2. The van der Waals surface area contributed by atoms with Crippen molar-refractivity contribution in [2.24, 2.45) is 0 Å². The van der Waals surface area contributed by atoms with E-state index in [9.17, 15) is 4.79 Å². The van der Waals surface area contributed by atoms with Crippen molar-refractivity contribution in [3.63, 3.8) is 0 Å². The lowest BCUT2D eigenvalue weighted by Gasteiger charge is -2.22. The van der Waals surface area contributed by atoms with E-state index in [0.29, 0.717) is 11.4 Å². The van der Waals surface area contributed by atoms with E-state index in [1.165, 1.54) is 0 Å². The predicted octanol–water partition coefficient (Wildman–Crippen LogP) is 2.62. The highest BCUT2D eigenvalue weighted by Gasteiger charge is 2.20. The summed E-state index contributed by atoms with van der Waals surface area (Å²) in [5.74, 6) is 1.46. The minimum atomic E-state index is -0.126. The average Bonchev–Trinajstić information content (AvgIpc) is 2.90. The van der Waals surface area contributed by atoms with Crippen LogP contribution < -0.4 is 15.4 Å². The molecule has 1 unspecified atom stereocenters. The van der Waals surface area contributed by atoms with Gasteiger partial charge in [-0.3, -0.25) is 4.79 Å². The Labute approximate surface area is 123 Å². The first kappa shape index (κ1) is 13.7. The van der Waals surface area contributed by atoms with Crippen LogP contribution in [-0.2, 0) is 4.79 Å². The smallest absolute Gasteiger partial charge is 0.262 e. The Morgan fingerprint density at radius 1 is 1.33 bits per heavy atom. The number of benzene rings is 1. The molecule has 1 aromatic carbocycles. The average molecular weight is 286 g/mol. The van der Waals surface area contributed by atoms with Crippen LogP contribution in [0.1, 0.15) is 29.9 Å². The molecule has 2 aromatic rings. The fraction of sp³-hybridized carbons (Fsp3) is 0.312. The van der Waals surface area contributed by atoms with Gasteiger partial charge in [-0.1, -0.05) is 13.0 Å². The largest absolute Gasteiger partial charge is 0.482 e. The highest BCUT2D eigenvalue weighted by molar-refractivity contribution is 5.95. The van der Waals surface area contributed by atoms with Crippen LogP contribution >= 0.6 is 0 Å². The summed E-state index contributed by atoms with van der Waals surface area (Å²) in [6.07, 6.45) is 1.76. The molecule has 2 heterocycles. The predicted molar refractivity (Wildman–Crippen MR) is 79.5 cm³/mol. The molecule has 0 spiro atoms. The van der Waals surface area contributed by atoms with E-state index in [-0.39, 0.29) is 18.6 Å². The fourth-order valence-electron chi connectivity index (χ4n) is 2.53. The zero-order valence-electron chi connectivity index (χ0n) is 12.1. The molecule has 1 aliphatic rings. The number of ether oxygens (including phenoxy) is 1. The molecule has 1 aliphatic heterocycles. The molecule has 3 rings (SSSR count). The molecule has 0 saturated carbocycles. The Balaban J connectivity index is 1.96. The summed E-state index contributed by atoms with van der Waals surface area (Å²) in [5, 5.41) is 6.27. The van der Waals surface area contributed by atoms with Crippen molar-refractivity contribution < 1.29 is 13.9 Å². The molecule has 2 N–H and O–H groups in total. The molecule has 0 bridgehead atoms. The molecule has 0 aliphatic carbocycles. The minimum Gasteiger partial charge on any atom is -0.482 e. The minimum absolute atomic E-state index is 0.0246. The molecule has 0 fully saturated rings. The van der Waals surface area contributed by atoms with Crippen molar-refractivity contribution in [2.45, 2.75) is 19.9 Å². The van der Waals surface area contributed by atoms with Crippen molar-refractivity contribution in [2.75, 3.05) is 18.5 Å². The zero-order chi connectivity index (χ0) is 14.8. The number of carbonyl (C=O) groups is 1. The van der Waals surface area contributed by atoms with Crippen LogP contribution in [0.15, 0.2) is 34.9 Å². The zero-order valence-corrected chi connectivity index (χ0v) is 12.1. The number of furan rings is 1. The van der Waals surface area contributed by atoms with Gasteiger partial charge in [-0.05, 0) is 37.2 Å². The van der Waals surface area contributed by atoms with Crippen molar-refractivity contribution in [3.8, 4) is 5.75 Å². The van der Waals surface area contributed by atoms with Gasteiger partial charge in [0, 0.05) is 5.56 Å². The highest BCUT2D eigenvalue weighted by atomic mass is 16.5. The van der Waals surface area contributed by atoms with Gasteiger partial charge < -0.3 is 19.8 Å². The van der Waals surface area contributed by atoms with E-state index in [4.69, 9.17) is 9.15 Å². The molecule has 0 radical (unpaired) electrons. The van der Waals surface area contributed by atoms with Crippen LogP contribution in [0.25, 0.3) is 0 Å². The molecule has 1 amide bonds. The van der Waals surface area contributed by atoms with Gasteiger partial charge in [0.1, 0.15) is 11.5 Å². The summed E-state index contributed by atoms with van der Waals surface area (Å²) in [6.45, 7) is 4.88. The molecule has 1 aromatic heterocycles. The molecular formula is C16H18N2O3. The van der Waals surface area contributed by atoms with Crippen molar-refractivity contribution in [1.82, 2.24) is 5.32 Å². The monoisotopic (exact) mass is 286 g/mol.